The Morgan fingerprint density at radius 1 is 1.09 bits per heavy atom. The molecule has 2 N–H and O–H groups in total. The van der Waals surface area contributed by atoms with Crippen molar-refractivity contribution in [1.82, 2.24) is 0 Å². The van der Waals surface area contributed by atoms with Gasteiger partial charge >= 0.3 is 18.3 Å². The van der Waals surface area contributed by atoms with Crippen LogP contribution >= 0.6 is 12.4 Å². The number of esters is 1. The van der Waals surface area contributed by atoms with E-state index in [9.17, 15) is 31.1 Å². The Labute approximate surface area is 132 Å². The molecule has 0 aliphatic rings. The van der Waals surface area contributed by atoms with Gasteiger partial charge in [-0.25, -0.2) is 0 Å². The van der Waals surface area contributed by atoms with Crippen molar-refractivity contribution in [3.8, 4) is 5.75 Å². The van der Waals surface area contributed by atoms with Gasteiger partial charge in [0, 0.05) is 5.56 Å². The van der Waals surface area contributed by atoms with Crippen LogP contribution in [0.4, 0.5) is 26.3 Å². The first kappa shape index (κ1) is 21.3. The molecule has 0 heterocycles. The zero-order valence-corrected chi connectivity index (χ0v) is 12.5. The van der Waals surface area contributed by atoms with Crippen LogP contribution in [0.25, 0.3) is 0 Å². The summed E-state index contributed by atoms with van der Waals surface area (Å²) in [4.78, 5) is 11.3. The van der Waals surface area contributed by atoms with Gasteiger partial charge in [-0.3, -0.25) is 4.79 Å². The number of hydrogen-bond donors (Lipinski definition) is 1. The largest absolute Gasteiger partial charge is 0.496 e. The van der Waals surface area contributed by atoms with Gasteiger partial charge in [0.15, 0.2) is 0 Å². The molecule has 1 aromatic rings. The van der Waals surface area contributed by atoms with Crippen LogP contribution in [0.3, 0.4) is 0 Å². The Morgan fingerprint density at radius 3 is 1.96 bits per heavy atom. The van der Waals surface area contributed by atoms with Crippen molar-refractivity contribution in [2.75, 3.05) is 14.2 Å². The first-order valence-corrected chi connectivity index (χ1v) is 5.63. The number of benzene rings is 1. The Hall–Kier alpha value is -1.68. The Balaban J connectivity index is 0.00000484. The highest BCUT2D eigenvalue weighted by Gasteiger charge is 2.42. The molecule has 11 heteroatoms. The number of methoxy groups -OCH3 is 2. The molecule has 0 radical (unpaired) electrons. The third kappa shape index (κ3) is 4.64. The minimum Gasteiger partial charge on any atom is -0.496 e. The van der Waals surface area contributed by atoms with Crippen LogP contribution in [0.1, 0.15) is 22.7 Å². The molecule has 0 fully saturated rings. The number of carbonyl (C=O) groups excluding carboxylic acids is 1. The lowest BCUT2D eigenvalue weighted by molar-refractivity contribution is -0.145. The highest BCUT2D eigenvalue weighted by molar-refractivity contribution is 5.85. The molecule has 0 saturated carbocycles. The average Bonchev–Trinajstić information content (AvgIpc) is 2.42. The van der Waals surface area contributed by atoms with Gasteiger partial charge < -0.3 is 15.2 Å². The van der Waals surface area contributed by atoms with E-state index >= 15 is 0 Å². The summed E-state index contributed by atoms with van der Waals surface area (Å²) in [5.41, 5.74) is 1.14. The van der Waals surface area contributed by atoms with E-state index < -0.39 is 46.8 Å². The van der Waals surface area contributed by atoms with Crippen molar-refractivity contribution in [1.29, 1.82) is 0 Å². The van der Waals surface area contributed by atoms with Gasteiger partial charge in [-0.2, -0.15) is 26.3 Å². The molecule has 0 aliphatic heterocycles. The number of alkyl halides is 6. The summed E-state index contributed by atoms with van der Waals surface area (Å²) in [6.45, 7) is 0. The van der Waals surface area contributed by atoms with Gasteiger partial charge in [0.2, 0.25) is 0 Å². The van der Waals surface area contributed by atoms with Crippen LogP contribution in [0.15, 0.2) is 12.1 Å². The summed E-state index contributed by atoms with van der Waals surface area (Å²) >= 11 is 0. The number of rotatable bonds is 3. The fourth-order valence-electron chi connectivity index (χ4n) is 1.76. The minimum atomic E-state index is -5.17. The zero-order valence-electron chi connectivity index (χ0n) is 11.7. The Kier molecular flexibility index (Phi) is 6.73. The van der Waals surface area contributed by atoms with Crippen molar-refractivity contribution < 1.29 is 40.6 Å². The number of ether oxygens (including phenoxy) is 2. The van der Waals surface area contributed by atoms with Crippen LogP contribution in [-0.2, 0) is 21.9 Å². The second-order valence-electron chi connectivity index (χ2n) is 4.14. The maximum atomic E-state index is 13.0. The molecule has 132 valence electrons. The number of halogens is 7. The van der Waals surface area contributed by atoms with Gasteiger partial charge in [0.05, 0.1) is 25.3 Å². The van der Waals surface area contributed by atoms with Crippen LogP contribution in [-0.4, -0.2) is 20.2 Å². The van der Waals surface area contributed by atoms with Crippen molar-refractivity contribution in [3.63, 3.8) is 0 Å². The molecular weight excluding hydrogens is 356 g/mol. The second-order valence-corrected chi connectivity index (χ2v) is 4.14. The third-order valence-corrected chi connectivity index (χ3v) is 2.76. The van der Waals surface area contributed by atoms with Crippen molar-refractivity contribution in [3.05, 3.63) is 28.8 Å². The fourth-order valence-corrected chi connectivity index (χ4v) is 1.76. The molecule has 0 aromatic heterocycles. The number of carbonyl (C=O) groups is 1. The van der Waals surface area contributed by atoms with Crippen molar-refractivity contribution in [2.24, 2.45) is 5.73 Å². The summed E-state index contributed by atoms with van der Waals surface area (Å²) in [5, 5.41) is 0. The standard InChI is InChI=1S/C12H11F6NO3.ClH/c1-21-7-4-5(11(13,14)15)3-6(12(16,17)18)8(7)9(19)10(20)22-2;/h3-4,9H,19H2,1-2H3;1H/t9-;/m0./s1. The zero-order chi connectivity index (χ0) is 17.3. The van der Waals surface area contributed by atoms with Crippen LogP contribution in [0, 0.1) is 0 Å². The normalized spacial score (nSPS) is 13.1. The SMILES string of the molecule is COC(=O)[C@@H](N)c1c(OC)cc(C(F)(F)F)cc1C(F)(F)F.Cl. The molecule has 0 unspecified atom stereocenters. The minimum absolute atomic E-state index is 0. The van der Waals surface area contributed by atoms with Gasteiger partial charge in [-0.1, -0.05) is 0 Å². The number of hydrogen-bond acceptors (Lipinski definition) is 4. The van der Waals surface area contributed by atoms with E-state index in [0.717, 1.165) is 14.2 Å². The first-order valence-electron chi connectivity index (χ1n) is 5.63. The highest BCUT2D eigenvalue weighted by atomic mass is 35.5. The Bertz CT molecular complexity index is 573. The first-order chi connectivity index (χ1) is 9.93. The average molecular weight is 368 g/mol. The number of nitrogens with two attached hydrogens (primary N) is 1. The van der Waals surface area contributed by atoms with E-state index in [1.807, 2.05) is 0 Å². The Morgan fingerprint density at radius 2 is 1.61 bits per heavy atom. The van der Waals surface area contributed by atoms with E-state index in [4.69, 9.17) is 5.73 Å². The van der Waals surface area contributed by atoms with E-state index in [-0.39, 0.29) is 18.5 Å². The summed E-state index contributed by atoms with van der Waals surface area (Å²) < 4.78 is 85.9. The van der Waals surface area contributed by atoms with Crippen molar-refractivity contribution >= 4 is 18.4 Å². The smallest absolute Gasteiger partial charge is 0.416 e. The predicted molar refractivity (Wildman–Crippen MR) is 69.2 cm³/mol. The molecule has 0 bridgehead atoms. The van der Waals surface area contributed by atoms with Gasteiger partial charge in [-0.15, -0.1) is 12.4 Å². The van der Waals surface area contributed by atoms with E-state index in [0.29, 0.717) is 6.07 Å². The van der Waals surface area contributed by atoms with E-state index in [2.05, 4.69) is 9.47 Å². The summed E-state index contributed by atoms with van der Waals surface area (Å²) in [6, 6.07) is -1.73. The maximum absolute atomic E-state index is 13.0. The monoisotopic (exact) mass is 367 g/mol. The molecule has 0 spiro atoms. The fraction of sp³-hybridized carbons (Fsp3) is 0.417. The highest BCUT2D eigenvalue weighted by Crippen LogP contribution is 2.43. The molecule has 1 aromatic carbocycles. The molecule has 1 atom stereocenters. The van der Waals surface area contributed by atoms with Crippen molar-refractivity contribution in [2.45, 2.75) is 18.4 Å². The van der Waals surface area contributed by atoms with Gasteiger partial charge in [0.1, 0.15) is 11.8 Å². The lowest BCUT2D eigenvalue weighted by atomic mass is 9.96. The topological polar surface area (TPSA) is 61.5 Å². The van der Waals surface area contributed by atoms with Crippen LogP contribution < -0.4 is 10.5 Å². The van der Waals surface area contributed by atoms with E-state index in [1.54, 1.807) is 0 Å². The molecule has 0 aliphatic carbocycles. The lowest BCUT2D eigenvalue weighted by Crippen LogP contribution is -2.27. The summed E-state index contributed by atoms with van der Waals surface area (Å²) in [6.07, 6.45) is -10.2. The molecule has 0 amide bonds. The van der Waals surface area contributed by atoms with E-state index in [1.165, 1.54) is 0 Å². The summed E-state index contributed by atoms with van der Waals surface area (Å²) in [7, 11) is 1.75. The third-order valence-electron chi connectivity index (χ3n) is 2.76. The van der Waals surface area contributed by atoms with Crippen LogP contribution in [0.5, 0.6) is 5.75 Å². The predicted octanol–water partition coefficient (Wildman–Crippen LogP) is 3.33. The molecule has 23 heavy (non-hydrogen) atoms. The lowest BCUT2D eigenvalue weighted by Gasteiger charge is -2.21. The molecular formula is C12H12ClF6NO3. The van der Waals surface area contributed by atoms with Gasteiger partial charge in [-0.05, 0) is 12.1 Å². The quantitative estimate of drug-likeness (QED) is 0.657. The van der Waals surface area contributed by atoms with Crippen LogP contribution in [0.2, 0.25) is 0 Å². The molecule has 1 rings (SSSR count). The van der Waals surface area contributed by atoms with Gasteiger partial charge in [0.25, 0.3) is 0 Å². The summed E-state index contributed by atoms with van der Waals surface area (Å²) in [5.74, 6) is -2.05. The molecule has 0 saturated heterocycles. The second kappa shape index (κ2) is 7.26. The maximum Gasteiger partial charge on any atom is 0.416 e. The molecule has 4 nitrogen and oxygen atoms in total.